The molecule has 3 aliphatic rings. The maximum absolute atomic E-state index is 14.2. The number of hydrogen-bond donors (Lipinski definition) is 1. The van der Waals surface area contributed by atoms with Crippen LogP contribution in [0, 0.1) is 5.82 Å². The monoisotopic (exact) mass is 638 g/mol. The second-order valence-corrected chi connectivity index (χ2v) is 14.3. The fourth-order valence-corrected chi connectivity index (χ4v) is 6.72. The molecule has 0 saturated carbocycles. The summed E-state index contributed by atoms with van der Waals surface area (Å²) in [6, 6.07) is 11.7. The van der Waals surface area contributed by atoms with Crippen molar-refractivity contribution >= 4 is 23.7 Å². The number of rotatable bonds is 7. The number of amides is 2. The highest BCUT2D eigenvalue weighted by atomic mass is 19.1. The molecule has 0 aliphatic carbocycles. The van der Waals surface area contributed by atoms with E-state index in [1.165, 1.54) is 12.1 Å². The summed E-state index contributed by atoms with van der Waals surface area (Å²) >= 11 is 0. The first-order chi connectivity index (χ1) is 21.6. The summed E-state index contributed by atoms with van der Waals surface area (Å²) in [6.07, 6.45) is 0.147. The van der Waals surface area contributed by atoms with E-state index in [-0.39, 0.29) is 49.0 Å². The fourth-order valence-electron chi connectivity index (χ4n) is 6.72. The third kappa shape index (κ3) is 7.37. The van der Waals surface area contributed by atoms with Crippen LogP contribution < -0.4 is 4.90 Å². The summed E-state index contributed by atoms with van der Waals surface area (Å²) in [5.41, 5.74) is 1.11. The molecule has 3 heterocycles. The van der Waals surface area contributed by atoms with E-state index in [1.807, 2.05) is 39.8 Å². The van der Waals surface area contributed by atoms with Gasteiger partial charge in [-0.25, -0.2) is 9.18 Å². The lowest BCUT2D eigenvalue weighted by molar-refractivity contribution is -0.142. The number of morpholine rings is 1. The van der Waals surface area contributed by atoms with Crippen LogP contribution in [0.3, 0.4) is 0 Å². The predicted octanol–water partition coefficient (Wildman–Crippen LogP) is 4.14. The van der Waals surface area contributed by atoms with Crippen molar-refractivity contribution in [1.82, 2.24) is 14.7 Å². The zero-order valence-corrected chi connectivity index (χ0v) is 27.8. The van der Waals surface area contributed by atoms with Crippen LogP contribution in [0.25, 0.3) is 0 Å². The number of anilines is 1. The summed E-state index contributed by atoms with van der Waals surface area (Å²) in [5, 5.41) is 10.3. The number of carboxylic acid groups (broad SMARTS) is 1. The van der Waals surface area contributed by atoms with Gasteiger partial charge in [-0.3, -0.25) is 19.4 Å². The van der Waals surface area contributed by atoms with Gasteiger partial charge in [-0.05, 0) is 82.9 Å². The summed E-state index contributed by atoms with van der Waals surface area (Å²) in [6.45, 7) is 14.9. The van der Waals surface area contributed by atoms with Crippen molar-refractivity contribution in [3.05, 3.63) is 65.0 Å². The Morgan fingerprint density at radius 1 is 1.02 bits per heavy atom. The van der Waals surface area contributed by atoms with E-state index in [0.717, 1.165) is 17.7 Å². The number of halogens is 1. The number of benzene rings is 2. The molecular weight excluding hydrogens is 591 g/mol. The van der Waals surface area contributed by atoms with Gasteiger partial charge in [-0.15, -0.1) is 0 Å². The third-order valence-electron chi connectivity index (χ3n) is 9.39. The lowest BCUT2D eigenvalue weighted by atomic mass is 9.84. The van der Waals surface area contributed by atoms with E-state index in [2.05, 4.69) is 16.7 Å². The lowest BCUT2D eigenvalue weighted by Crippen LogP contribution is -2.64. The van der Waals surface area contributed by atoms with Crippen molar-refractivity contribution in [3.63, 3.8) is 0 Å². The molecule has 46 heavy (non-hydrogen) atoms. The van der Waals surface area contributed by atoms with Crippen LogP contribution in [0.4, 0.5) is 14.9 Å². The van der Waals surface area contributed by atoms with E-state index in [9.17, 15) is 23.9 Å². The first kappa shape index (κ1) is 33.8. The van der Waals surface area contributed by atoms with Gasteiger partial charge < -0.3 is 24.4 Å². The minimum Gasteiger partial charge on any atom is -0.481 e. The van der Waals surface area contributed by atoms with E-state index in [4.69, 9.17) is 9.47 Å². The van der Waals surface area contributed by atoms with Crippen molar-refractivity contribution in [2.24, 2.45) is 0 Å². The van der Waals surface area contributed by atoms with Gasteiger partial charge in [0.15, 0.2) is 0 Å². The molecule has 0 spiro atoms. The molecule has 4 atom stereocenters. The van der Waals surface area contributed by atoms with Crippen LogP contribution in [-0.2, 0) is 30.9 Å². The summed E-state index contributed by atoms with van der Waals surface area (Å²) in [4.78, 5) is 47.8. The molecule has 2 unspecified atom stereocenters. The SMILES string of the molecule is CC1COCCN1C[C@H]1CN(C(=O)OC(C)(C)C)C(C)CN1CC(=O)N1C[C@@](C)(C(=O)O)c2ccc(Cc3ccc(F)cc3)cc21. The van der Waals surface area contributed by atoms with E-state index in [0.29, 0.717) is 50.5 Å². The number of hydrogen-bond acceptors (Lipinski definition) is 7. The first-order valence-corrected chi connectivity index (χ1v) is 16.1. The van der Waals surface area contributed by atoms with E-state index in [1.54, 1.807) is 34.9 Å². The molecule has 2 saturated heterocycles. The van der Waals surface area contributed by atoms with Gasteiger partial charge >= 0.3 is 12.1 Å². The Balaban J connectivity index is 1.40. The quantitative estimate of drug-likeness (QED) is 0.483. The largest absolute Gasteiger partial charge is 0.481 e. The van der Waals surface area contributed by atoms with Crippen molar-refractivity contribution in [2.45, 2.75) is 77.1 Å². The van der Waals surface area contributed by atoms with Crippen LogP contribution >= 0.6 is 0 Å². The summed E-state index contributed by atoms with van der Waals surface area (Å²) in [5.74, 6) is -1.49. The number of carboxylic acids is 1. The van der Waals surface area contributed by atoms with Crippen molar-refractivity contribution in [2.75, 3.05) is 57.4 Å². The maximum atomic E-state index is 14.2. The van der Waals surface area contributed by atoms with Gasteiger partial charge in [0.05, 0.1) is 19.8 Å². The molecule has 0 radical (unpaired) electrons. The Bertz CT molecular complexity index is 1450. The van der Waals surface area contributed by atoms with Crippen LogP contribution in [0.15, 0.2) is 42.5 Å². The van der Waals surface area contributed by atoms with Crippen molar-refractivity contribution in [3.8, 4) is 0 Å². The molecular formula is C35H47FN4O6. The van der Waals surface area contributed by atoms with Gasteiger partial charge in [-0.1, -0.05) is 24.3 Å². The highest BCUT2D eigenvalue weighted by Crippen LogP contribution is 2.42. The molecule has 5 rings (SSSR count). The molecule has 0 bridgehead atoms. The number of aliphatic carboxylic acids is 1. The Kier molecular flexibility index (Phi) is 9.77. The van der Waals surface area contributed by atoms with Gasteiger partial charge in [0.1, 0.15) is 16.8 Å². The van der Waals surface area contributed by atoms with Gasteiger partial charge in [0, 0.05) is 56.5 Å². The standard InChI is InChI=1S/C35H47FN4O6/c1-23-17-38(28(18-37-13-14-45-21-24(37)2)19-39(23)33(44)46-34(3,4)5)20-31(41)40-22-35(6,32(42)43)29-12-9-26(16-30(29)40)15-25-7-10-27(36)11-8-25/h7-12,16,23-24,28H,13-15,17-22H2,1-6H3,(H,42,43)/t23?,24?,28-,35+/m0/s1. The van der Waals surface area contributed by atoms with Crippen LogP contribution in [-0.4, -0.2) is 114 Å². The first-order valence-electron chi connectivity index (χ1n) is 16.1. The molecule has 1 N–H and O–H groups in total. The topological polar surface area (TPSA) is 103 Å². The van der Waals surface area contributed by atoms with Crippen LogP contribution in [0.1, 0.15) is 58.2 Å². The third-order valence-corrected chi connectivity index (χ3v) is 9.39. The van der Waals surface area contributed by atoms with Crippen LogP contribution in [0.2, 0.25) is 0 Å². The second kappa shape index (κ2) is 13.3. The molecule has 2 amide bonds. The predicted molar refractivity (Wildman–Crippen MR) is 173 cm³/mol. The van der Waals surface area contributed by atoms with Crippen LogP contribution in [0.5, 0.6) is 0 Å². The summed E-state index contributed by atoms with van der Waals surface area (Å²) in [7, 11) is 0. The lowest BCUT2D eigenvalue weighted by Gasteiger charge is -2.47. The normalized spacial score (nSPS) is 25.8. The number of piperazine rings is 1. The number of ether oxygens (including phenoxy) is 2. The molecule has 250 valence electrons. The smallest absolute Gasteiger partial charge is 0.410 e. The van der Waals surface area contributed by atoms with E-state index >= 15 is 0 Å². The Morgan fingerprint density at radius 2 is 1.72 bits per heavy atom. The van der Waals surface area contributed by atoms with Gasteiger partial charge in [-0.2, -0.15) is 0 Å². The molecule has 2 fully saturated rings. The average molecular weight is 639 g/mol. The minimum absolute atomic E-state index is 0.0229. The minimum atomic E-state index is -1.26. The zero-order chi connectivity index (χ0) is 33.4. The Morgan fingerprint density at radius 3 is 2.37 bits per heavy atom. The zero-order valence-electron chi connectivity index (χ0n) is 27.8. The Hall–Kier alpha value is -3.54. The fraction of sp³-hybridized carbons (Fsp3) is 0.571. The summed E-state index contributed by atoms with van der Waals surface area (Å²) < 4.78 is 24.9. The maximum Gasteiger partial charge on any atom is 0.410 e. The van der Waals surface area contributed by atoms with Gasteiger partial charge in [0.2, 0.25) is 5.91 Å². The molecule has 2 aromatic rings. The number of carbonyl (C=O) groups is 3. The molecule has 2 aromatic carbocycles. The average Bonchev–Trinajstić information content (AvgIpc) is 3.29. The molecule has 0 aromatic heterocycles. The highest BCUT2D eigenvalue weighted by molar-refractivity contribution is 6.01. The Labute approximate surface area is 271 Å². The van der Waals surface area contributed by atoms with Crippen molar-refractivity contribution < 1.29 is 33.4 Å². The number of fused-ring (bicyclic) bond motifs is 1. The van der Waals surface area contributed by atoms with Gasteiger partial charge in [0.25, 0.3) is 0 Å². The second-order valence-electron chi connectivity index (χ2n) is 14.3. The molecule has 3 aliphatic heterocycles. The van der Waals surface area contributed by atoms with Crippen molar-refractivity contribution in [1.29, 1.82) is 0 Å². The molecule has 11 heteroatoms. The highest BCUT2D eigenvalue weighted by Gasteiger charge is 2.48. The molecule has 10 nitrogen and oxygen atoms in total. The number of carbonyl (C=O) groups excluding carboxylic acids is 2. The van der Waals surface area contributed by atoms with E-state index < -0.39 is 17.0 Å². The number of nitrogens with zero attached hydrogens (tertiary/aromatic N) is 4.